The van der Waals surface area contributed by atoms with Gasteiger partial charge in [0.05, 0.1) is 16.9 Å². The highest BCUT2D eigenvalue weighted by Gasteiger charge is 2.24. The molecule has 5 rings (SSSR count). The summed E-state index contributed by atoms with van der Waals surface area (Å²) < 4.78 is 32.7. The molecule has 0 aliphatic carbocycles. The first kappa shape index (κ1) is 25.1. The standard InChI is InChI=1S/C31H27F2N3O2/c1-21-34-28-19-16-25(35(3)24-14-17-26(18-15-24)38-31(2,32)33)20-27(28)30(37)36(21)29(22-10-6-4-7-11-22)23-12-8-5-9-13-23/h4-20,29H,1-3H3. The van der Waals surface area contributed by atoms with E-state index in [-0.39, 0.29) is 17.4 Å². The fraction of sp³-hybridized carbons (Fsp3) is 0.161. The summed E-state index contributed by atoms with van der Waals surface area (Å²) in [4.78, 5) is 20.7. The van der Waals surface area contributed by atoms with E-state index in [1.54, 1.807) is 16.7 Å². The topological polar surface area (TPSA) is 47.4 Å². The Morgan fingerprint density at radius 2 is 1.39 bits per heavy atom. The molecule has 0 saturated carbocycles. The van der Waals surface area contributed by atoms with Gasteiger partial charge in [0.15, 0.2) is 0 Å². The lowest BCUT2D eigenvalue weighted by Crippen LogP contribution is -2.29. The van der Waals surface area contributed by atoms with Crippen LogP contribution in [0.3, 0.4) is 0 Å². The Kier molecular flexibility index (Phi) is 6.68. The number of fused-ring (bicyclic) bond motifs is 1. The average molecular weight is 512 g/mol. The van der Waals surface area contributed by atoms with E-state index in [9.17, 15) is 13.6 Å². The molecule has 0 amide bonds. The lowest BCUT2D eigenvalue weighted by atomic mass is 9.98. The third kappa shape index (κ3) is 5.13. The minimum absolute atomic E-state index is 0.0728. The number of nitrogens with zero attached hydrogens (tertiary/aromatic N) is 3. The highest BCUT2D eigenvalue weighted by Crippen LogP contribution is 2.30. The molecular weight excluding hydrogens is 484 g/mol. The summed E-state index contributed by atoms with van der Waals surface area (Å²) >= 11 is 0. The first-order valence-corrected chi connectivity index (χ1v) is 12.2. The van der Waals surface area contributed by atoms with Gasteiger partial charge in [-0.05, 0) is 60.5 Å². The fourth-order valence-electron chi connectivity index (χ4n) is 4.67. The van der Waals surface area contributed by atoms with Gasteiger partial charge in [-0.25, -0.2) is 4.98 Å². The predicted molar refractivity (Wildman–Crippen MR) is 147 cm³/mol. The van der Waals surface area contributed by atoms with Crippen molar-refractivity contribution in [3.05, 3.63) is 130 Å². The highest BCUT2D eigenvalue weighted by atomic mass is 19.3. The quantitative estimate of drug-likeness (QED) is 0.234. The molecular formula is C31H27F2N3O2. The molecule has 7 heteroatoms. The molecule has 0 unspecified atom stereocenters. The van der Waals surface area contributed by atoms with Gasteiger partial charge in [-0.1, -0.05) is 60.7 Å². The molecule has 192 valence electrons. The molecule has 1 aromatic heterocycles. The van der Waals surface area contributed by atoms with Crippen LogP contribution in [0.5, 0.6) is 5.75 Å². The number of anilines is 2. The van der Waals surface area contributed by atoms with Crippen LogP contribution < -0.4 is 15.2 Å². The van der Waals surface area contributed by atoms with Crippen molar-refractivity contribution >= 4 is 22.3 Å². The first-order valence-electron chi connectivity index (χ1n) is 12.2. The summed E-state index contributed by atoms with van der Waals surface area (Å²) in [6, 6.07) is 31.4. The van der Waals surface area contributed by atoms with Crippen LogP contribution in [0, 0.1) is 6.92 Å². The van der Waals surface area contributed by atoms with Crippen LogP contribution in [0.1, 0.15) is 29.9 Å². The van der Waals surface area contributed by atoms with Gasteiger partial charge in [0.1, 0.15) is 11.6 Å². The normalized spacial score (nSPS) is 11.6. The van der Waals surface area contributed by atoms with Gasteiger partial charge in [0.25, 0.3) is 5.56 Å². The van der Waals surface area contributed by atoms with Crippen LogP contribution in [0.25, 0.3) is 10.9 Å². The molecule has 1 heterocycles. The summed E-state index contributed by atoms with van der Waals surface area (Å²) in [7, 11) is 1.85. The SMILES string of the molecule is Cc1nc2ccc(N(C)c3ccc(OC(C)(F)F)cc3)cc2c(=O)n1C(c1ccccc1)c1ccccc1. The van der Waals surface area contributed by atoms with E-state index in [1.165, 1.54) is 12.1 Å². The maximum Gasteiger partial charge on any atom is 0.394 e. The molecule has 0 aliphatic heterocycles. The number of aromatic nitrogens is 2. The third-order valence-electron chi connectivity index (χ3n) is 6.46. The number of hydrogen-bond acceptors (Lipinski definition) is 4. The number of halogens is 2. The van der Waals surface area contributed by atoms with E-state index in [2.05, 4.69) is 4.74 Å². The van der Waals surface area contributed by atoms with Gasteiger partial charge < -0.3 is 9.64 Å². The lowest BCUT2D eigenvalue weighted by Gasteiger charge is -2.24. The van der Waals surface area contributed by atoms with Crippen molar-refractivity contribution in [2.24, 2.45) is 0 Å². The number of rotatable bonds is 7. The van der Waals surface area contributed by atoms with E-state index in [1.807, 2.05) is 97.7 Å². The minimum Gasteiger partial charge on any atom is -0.433 e. The molecule has 0 fully saturated rings. The van der Waals surface area contributed by atoms with E-state index in [0.717, 1.165) is 22.5 Å². The largest absolute Gasteiger partial charge is 0.433 e. The molecule has 38 heavy (non-hydrogen) atoms. The molecule has 0 aliphatic rings. The molecule has 5 nitrogen and oxygen atoms in total. The summed E-state index contributed by atoms with van der Waals surface area (Å²) in [5.74, 6) is 0.688. The van der Waals surface area contributed by atoms with Gasteiger partial charge in [0, 0.05) is 25.3 Å². The lowest BCUT2D eigenvalue weighted by molar-refractivity contribution is -0.158. The molecule has 0 atom stereocenters. The predicted octanol–water partition coefficient (Wildman–Crippen LogP) is 7.10. The fourth-order valence-corrected chi connectivity index (χ4v) is 4.67. The smallest absolute Gasteiger partial charge is 0.394 e. The number of benzene rings is 4. The number of hydrogen-bond donors (Lipinski definition) is 0. The van der Waals surface area contributed by atoms with E-state index in [4.69, 9.17) is 4.98 Å². The Balaban J connectivity index is 1.59. The zero-order valence-corrected chi connectivity index (χ0v) is 21.3. The summed E-state index contributed by atoms with van der Waals surface area (Å²) in [5.41, 5.74) is 3.95. The van der Waals surface area contributed by atoms with Gasteiger partial charge in [-0.15, -0.1) is 0 Å². The van der Waals surface area contributed by atoms with Gasteiger partial charge >= 0.3 is 6.11 Å². The van der Waals surface area contributed by atoms with Gasteiger partial charge in [-0.2, -0.15) is 8.78 Å². The molecule has 0 saturated heterocycles. The van der Waals surface area contributed by atoms with Crippen LogP contribution in [-0.2, 0) is 0 Å². The highest BCUT2D eigenvalue weighted by molar-refractivity contribution is 5.83. The summed E-state index contributed by atoms with van der Waals surface area (Å²) in [6.07, 6.45) is -3.26. The van der Waals surface area contributed by atoms with Gasteiger partial charge in [0.2, 0.25) is 0 Å². The maximum atomic E-state index is 14.0. The van der Waals surface area contributed by atoms with E-state index < -0.39 is 6.11 Å². The molecule has 5 aromatic rings. The molecule has 0 radical (unpaired) electrons. The first-order chi connectivity index (χ1) is 18.2. The Hall–Kier alpha value is -4.52. The monoisotopic (exact) mass is 511 g/mol. The Labute approximate surface area is 219 Å². The second-order valence-electron chi connectivity index (χ2n) is 9.22. The molecule has 0 bridgehead atoms. The van der Waals surface area contributed by atoms with Crippen LogP contribution in [0.2, 0.25) is 0 Å². The van der Waals surface area contributed by atoms with Crippen molar-refractivity contribution in [2.75, 3.05) is 11.9 Å². The second kappa shape index (κ2) is 10.1. The summed E-state index contributed by atoms with van der Waals surface area (Å²) in [6.45, 7) is 2.55. The average Bonchev–Trinajstić information content (AvgIpc) is 2.91. The van der Waals surface area contributed by atoms with Crippen molar-refractivity contribution in [2.45, 2.75) is 26.0 Å². The second-order valence-corrected chi connectivity index (χ2v) is 9.22. The van der Waals surface area contributed by atoms with Crippen LogP contribution in [0.4, 0.5) is 20.2 Å². The van der Waals surface area contributed by atoms with Crippen LogP contribution in [0.15, 0.2) is 108 Å². The number of alkyl halides is 2. The number of ether oxygens (including phenoxy) is 1. The van der Waals surface area contributed by atoms with Crippen LogP contribution >= 0.6 is 0 Å². The van der Waals surface area contributed by atoms with Crippen molar-refractivity contribution < 1.29 is 13.5 Å². The van der Waals surface area contributed by atoms with E-state index >= 15 is 0 Å². The number of aryl methyl sites for hydroxylation is 1. The minimum atomic E-state index is -3.26. The summed E-state index contributed by atoms with van der Waals surface area (Å²) in [5, 5.41) is 0.488. The molecule has 0 spiro atoms. The van der Waals surface area contributed by atoms with Crippen molar-refractivity contribution in [3.63, 3.8) is 0 Å². The Morgan fingerprint density at radius 1 is 0.842 bits per heavy atom. The maximum absolute atomic E-state index is 14.0. The Bertz CT molecular complexity index is 1570. The molecule has 0 N–H and O–H groups in total. The van der Waals surface area contributed by atoms with Gasteiger partial charge in [-0.3, -0.25) is 9.36 Å². The zero-order chi connectivity index (χ0) is 26.9. The Morgan fingerprint density at radius 3 is 1.95 bits per heavy atom. The van der Waals surface area contributed by atoms with Crippen LogP contribution in [-0.4, -0.2) is 22.7 Å². The van der Waals surface area contributed by atoms with Crippen molar-refractivity contribution in [3.8, 4) is 5.75 Å². The van der Waals surface area contributed by atoms with E-state index in [0.29, 0.717) is 23.7 Å². The zero-order valence-electron chi connectivity index (χ0n) is 21.3. The van der Waals surface area contributed by atoms with Crippen molar-refractivity contribution in [1.29, 1.82) is 0 Å². The molecule has 4 aromatic carbocycles. The van der Waals surface area contributed by atoms with Crippen molar-refractivity contribution in [1.82, 2.24) is 9.55 Å². The third-order valence-corrected chi connectivity index (χ3v) is 6.46.